The summed E-state index contributed by atoms with van der Waals surface area (Å²) in [5, 5.41) is 0. The third kappa shape index (κ3) is 13.4. The van der Waals surface area contributed by atoms with Crippen LogP contribution in [0.25, 0.3) is 0 Å². The molecular weight excluding hydrogens is 416 g/mol. The summed E-state index contributed by atoms with van der Waals surface area (Å²) in [7, 11) is 0. The molecule has 0 spiro atoms. The van der Waals surface area contributed by atoms with Gasteiger partial charge in [0.25, 0.3) is 0 Å². The van der Waals surface area contributed by atoms with Gasteiger partial charge in [0, 0.05) is 31.9 Å². The van der Waals surface area contributed by atoms with Crippen molar-refractivity contribution in [2.45, 2.75) is 110 Å². The van der Waals surface area contributed by atoms with Gasteiger partial charge in [0.05, 0.1) is 6.61 Å². The lowest BCUT2D eigenvalue weighted by Crippen LogP contribution is -2.46. The van der Waals surface area contributed by atoms with Crippen molar-refractivity contribution in [3.05, 3.63) is 36.9 Å². The Hall–Kier alpha value is -1.48. The minimum absolute atomic E-state index is 0.814. The molecule has 0 saturated carbocycles. The summed E-state index contributed by atoms with van der Waals surface area (Å²) in [5.41, 5.74) is 1.34. The maximum absolute atomic E-state index is 5.90. The number of unbranched alkanes of at least 4 members (excludes halogenated alkanes) is 14. The van der Waals surface area contributed by atoms with Crippen LogP contribution in [0.3, 0.4) is 0 Å². The molecule has 34 heavy (non-hydrogen) atoms. The van der Waals surface area contributed by atoms with Crippen LogP contribution in [0, 0.1) is 0 Å². The van der Waals surface area contributed by atoms with E-state index >= 15 is 0 Å². The monoisotopic (exact) mass is 470 g/mol. The number of hydrogen-bond acceptors (Lipinski definition) is 3. The molecule has 1 aromatic carbocycles. The van der Waals surface area contributed by atoms with E-state index in [2.05, 4.69) is 47.6 Å². The van der Waals surface area contributed by atoms with E-state index in [0.717, 1.165) is 38.3 Å². The molecule has 0 N–H and O–H groups in total. The van der Waals surface area contributed by atoms with E-state index in [1.54, 1.807) is 0 Å². The van der Waals surface area contributed by atoms with Gasteiger partial charge in [-0.15, -0.1) is 6.58 Å². The standard InChI is InChI=1S/C31H54N2O/c1-3-5-7-9-10-11-12-13-14-15-16-18-24-32-25-27-33(28-26-32)30-20-22-31(23-21-30)34-29-19-17-8-6-4-2/h4,20-23H,2-3,5-19,24-29H2,1H3. The molecule has 0 aromatic heterocycles. The van der Waals surface area contributed by atoms with Crippen molar-refractivity contribution in [3.63, 3.8) is 0 Å². The van der Waals surface area contributed by atoms with Crippen LogP contribution in [-0.2, 0) is 0 Å². The Balaban J connectivity index is 1.45. The molecule has 0 unspecified atom stereocenters. The molecular formula is C31H54N2O. The summed E-state index contributed by atoms with van der Waals surface area (Å²) in [6.07, 6.45) is 23.8. The maximum atomic E-state index is 5.90. The first-order valence-electron chi connectivity index (χ1n) is 14.6. The van der Waals surface area contributed by atoms with Crippen molar-refractivity contribution < 1.29 is 4.74 Å². The lowest BCUT2D eigenvalue weighted by molar-refractivity contribution is 0.252. The molecule has 194 valence electrons. The Morgan fingerprint density at radius 2 is 1.26 bits per heavy atom. The van der Waals surface area contributed by atoms with Gasteiger partial charge in [-0.05, 0) is 62.9 Å². The van der Waals surface area contributed by atoms with Gasteiger partial charge in [-0.25, -0.2) is 0 Å². The molecule has 1 heterocycles. The van der Waals surface area contributed by atoms with Gasteiger partial charge < -0.3 is 9.64 Å². The number of rotatable bonds is 21. The topological polar surface area (TPSA) is 15.7 Å². The summed E-state index contributed by atoms with van der Waals surface area (Å²) < 4.78 is 5.90. The molecule has 0 aliphatic carbocycles. The van der Waals surface area contributed by atoms with Crippen LogP contribution in [0.5, 0.6) is 5.75 Å². The molecule has 1 fully saturated rings. The highest BCUT2D eigenvalue weighted by Crippen LogP contribution is 2.21. The Labute approximate surface area is 211 Å². The first-order valence-corrected chi connectivity index (χ1v) is 14.6. The molecule has 0 bridgehead atoms. The van der Waals surface area contributed by atoms with Gasteiger partial charge in [0.2, 0.25) is 0 Å². The summed E-state index contributed by atoms with van der Waals surface area (Å²) in [6.45, 7) is 12.8. The summed E-state index contributed by atoms with van der Waals surface area (Å²) in [4.78, 5) is 5.19. The minimum Gasteiger partial charge on any atom is -0.494 e. The maximum Gasteiger partial charge on any atom is 0.119 e. The van der Waals surface area contributed by atoms with E-state index in [9.17, 15) is 0 Å². The molecule has 0 amide bonds. The number of anilines is 1. The zero-order valence-corrected chi connectivity index (χ0v) is 22.5. The van der Waals surface area contributed by atoms with E-state index in [0.29, 0.717) is 0 Å². The van der Waals surface area contributed by atoms with Gasteiger partial charge in [-0.3, -0.25) is 4.90 Å². The Morgan fingerprint density at radius 1 is 0.706 bits per heavy atom. The Morgan fingerprint density at radius 3 is 1.85 bits per heavy atom. The Bertz CT molecular complexity index is 592. The van der Waals surface area contributed by atoms with Crippen molar-refractivity contribution >= 4 is 5.69 Å². The number of benzene rings is 1. The normalized spacial score (nSPS) is 14.4. The second-order valence-corrected chi connectivity index (χ2v) is 10.2. The molecule has 3 nitrogen and oxygen atoms in total. The highest BCUT2D eigenvalue weighted by Gasteiger charge is 2.16. The third-order valence-corrected chi connectivity index (χ3v) is 7.22. The first-order chi connectivity index (χ1) is 16.8. The zero-order valence-electron chi connectivity index (χ0n) is 22.5. The fraction of sp³-hybridized carbons (Fsp3) is 0.742. The second kappa shape index (κ2) is 19.8. The van der Waals surface area contributed by atoms with Crippen LogP contribution in [0.15, 0.2) is 36.9 Å². The smallest absolute Gasteiger partial charge is 0.119 e. The van der Waals surface area contributed by atoms with Gasteiger partial charge >= 0.3 is 0 Å². The first kappa shape index (κ1) is 28.8. The molecule has 1 aliphatic rings. The molecule has 0 atom stereocenters. The van der Waals surface area contributed by atoms with E-state index < -0.39 is 0 Å². The molecule has 3 heteroatoms. The van der Waals surface area contributed by atoms with Gasteiger partial charge in [-0.1, -0.05) is 83.6 Å². The number of ether oxygens (including phenoxy) is 1. The summed E-state index contributed by atoms with van der Waals surface area (Å²) >= 11 is 0. The fourth-order valence-corrected chi connectivity index (χ4v) is 4.92. The number of nitrogens with zero attached hydrogens (tertiary/aromatic N) is 2. The van der Waals surface area contributed by atoms with Crippen molar-refractivity contribution in [2.75, 3.05) is 44.2 Å². The van der Waals surface area contributed by atoms with Crippen molar-refractivity contribution in [2.24, 2.45) is 0 Å². The van der Waals surface area contributed by atoms with Crippen LogP contribution < -0.4 is 9.64 Å². The van der Waals surface area contributed by atoms with Crippen LogP contribution in [0.2, 0.25) is 0 Å². The number of allylic oxidation sites excluding steroid dienone is 1. The average molecular weight is 471 g/mol. The lowest BCUT2D eigenvalue weighted by Gasteiger charge is -2.36. The SMILES string of the molecule is C=CCCCCCOc1ccc(N2CCN(CCCCCCCCCCCCCC)CC2)cc1. The van der Waals surface area contributed by atoms with Crippen LogP contribution in [-0.4, -0.2) is 44.2 Å². The minimum atomic E-state index is 0.814. The highest BCUT2D eigenvalue weighted by molar-refractivity contribution is 5.49. The summed E-state index contributed by atoms with van der Waals surface area (Å²) in [5.74, 6) is 0.998. The van der Waals surface area contributed by atoms with Gasteiger partial charge in [0.1, 0.15) is 5.75 Å². The lowest BCUT2D eigenvalue weighted by atomic mass is 10.1. The van der Waals surface area contributed by atoms with E-state index in [4.69, 9.17) is 4.74 Å². The van der Waals surface area contributed by atoms with Gasteiger partial charge in [-0.2, -0.15) is 0 Å². The van der Waals surface area contributed by atoms with E-state index in [-0.39, 0.29) is 0 Å². The second-order valence-electron chi connectivity index (χ2n) is 10.2. The molecule has 0 radical (unpaired) electrons. The molecule has 1 aliphatic heterocycles. The van der Waals surface area contributed by atoms with Gasteiger partial charge in [0.15, 0.2) is 0 Å². The predicted octanol–water partition coefficient (Wildman–Crippen LogP) is 8.63. The van der Waals surface area contributed by atoms with Crippen molar-refractivity contribution in [1.82, 2.24) is 4.90 Å². The predicted molar refractivity (Wildman–Crippen MR) is 150 cm³/mol. The third-order valence-electron chi connectivity index (χ3n) is 7.22. The fourth-order valence-electron chi connectivity index (χ4n) is 4.92. The van der Waals surface area contributed by atoms with E-state index in [1.807, 2.05) is 6.08 Å². The van der Waals surface area contributed by atoms with Crippen molar-refractivity contribution in [1.29, 1.82) is 0 Å². The van der Waals surface area contributed by atoms with Crippen LogP contribution >= 0.6 is 0 Å². The quantitative estimate of drug-likeness (QED) is 0.132. The largest absolute Gasteiger partial charge is 0.494 e. The van der Waals surface area contributed by atoms with E-state index in [1.165, 1.54) is 115 Å². The van der Waals surface area contributed by atoms with Crippen molar-refractivity contribution in [3.8, 4) is 5.75 Å². The molecule has 1 saturated heterocycles. The van der Waals surface area contributed by atoms with Crippen LogP contribution in [0.1, 0.15) is 110 Å². The molecule has 1 aromatic rings. The average Bonchev–Trinajstić information content (AvgIpc) is 2.87. The zero-order chi connectivity index (χ0) is 24.1. The molecule has 2 rings (SSSR count). The number of piperazine rings is 1. The number of hydrogen-bond donors (Lipinski definition) is 0. The highest BCUT2D eigenvalue weighted by atomic mass is 16.5. The van der Waals surface area contributed by atoms with Crippen LogP contribution in [0.4, 0.5) is 5.69 Å². The Kier molecular flexibility index (Phi) is 16.7. The summed E-state index contributed by atoms with van der Waals surface area (Å²) in [6, 6.07) is 8.73.